The van der Waals surface area contributed by atoms with E-state index in [0.717, 1.165) is 53.7 Å². The number of hydrogen-bond donors (Lipinski definition) is 1. The molecule has 0 saturated heterocycles. The third kappa shape index (κ3) is 6.38. The Labute approximate surface area is 223 Å². The van der Waals surface area contributed by atoms with Crippen molar-refractivity contribution in [1.29, 1.82) is 0 Å². The van der Waals surface area contributed by atoms with Gasteiger partial charge in [0, 0.05) is 19.7 Å². The van der Waals surface area contributed by atoms with Gasteiger partial charge < -0.3 is 9.64 Å². The zero-order chi connectivity index (χ0) is 26.9. The highest BCUT2D eigenvalue weighted by atomic mass is 19.1. The lowest BCUT2D eigenvalue weighted by Crippen LogP contribution is -2.18. The standard InChI is InChI=1S/C32H34FN3O2/c1-4-26(23-12-8-7-9-13-23)31(27-19-20-29-28(32(27)33)22-34-35-29)24-15-17-25(18-16-24)38-21-11-6-5-10-14-30(37)36(2)3/h7-10,12-20,22H,4-6,11,21H2,1-3H3,(H,34,35)/b14-10+,31-26+. The molecule has 4 rings (SSSR count). The monoisotopic (exact) mass is 511 g/mol. The highest BCUT2D eigenvalue weighted by Crippen LogP contribution is 2.37. The molecule has 0 atom stereocenters. The molecule has 0 radical (unpaired) electrons. The van der Waals surface area contributed by atoms with E-state index in [1.807, 2.05) is 60.7 Å². The summed E-state index contributed by atoms with van der Waals surface area (Å²) in [5.74, 6) is 0.488. The van der Waals surface area contributed by atoms with Gasteiger partial charge in [-0.1, -0.05) is 55.5 Å². The minimum atomic E-state index is -0.283. The summed E-state index contributed by atoms with van der Waals surface area (Å²) < 4.78 is 21.7. The molecule has 0 bridgehead atoms. The minimum Gasteiger partial charge on any atom is -0.494 e. The molecule has 1 N–H and O–H groups in total. The van der Waals surface area contributed by atoms with Gasteiger partial charge in [-0.3, -0.25) is 9.89 Å². The molecule has 5 nitrogen and oxygen atoms in total. The molecule has 3 aromatic carbocycles. The summed E-state index contributed by atoms with van der Waals surface area (Å²) in [6.07, 6.45) is 8.46. The average molecular weight is 512 g/mol. The molecule has 6 heteroatoms. The molecule has 196 valence electrons. The second-order valence-electron chi connectivity index (χ2n) is 9.34. The zero-order valence-electron chi connectivity index (χ0n) is 22.2. The minimum absolute atomic E-state index is 0.00202. The summed E-state index contributed by atoms with van der Waals surface area (Å²) in [6, 6.07) is 21.7. The molecule has 1 heterocycles. The number of H-pyrrole nitrogens is 1. The van der Waals surface area contributed by atoms with E-state index in [1.54, 1.807) is 25.1 Å². The summed E-state index contributed by atoms with van der Waals surface area (Å²) >= 11 is 0. The van der Waals surface area contributed by atoms with Crippen LogP contribution >= 0.6 is 0 Å². The number of unbranched alkanes of at least 4 members (excludes halogenated alkanes) is 2. The van der Waals surface area contributed by atoms with Crippen molar-refractivity contribution in [2.24, 2.45) is 0 Å². The van der Waals surface area contributed by atoms with Crippen molar-refractivity contribution in [2.45, 2.75) is 32.6 Å². The maximum absolute atomic E-state index is 15.8. The summed E-state index contributed by atoms with van der Waals surface area (Å²) in [5, 5.41) is 7.34. The number of nitrogens with zero attached hydrogens (tertiary/aromatic N) is 2. The maximum Gasteiger partial charge on any atom is 0.245 e. The number of fused-ring (bicyclic) bond motifs is 1. The fourth-order valence-electron chi connectivity index (χ4n) is 4.44. The fraction of sp³-hybridized carbons (Fsp3) is 0.250. The molecule has 0 aliphatic heterocycles. The largest absolute Gasteiger partial charge is 0.494 e. The van der Waals surface area contributed by atoms with Crippen molar-refractivity contribution < 1.29 is 13.9 Å². The third-order valence-corrected chi connectivity index (χ3v) is 6.48. The van der Waals surface area contributed by atoms with Crippen LogP contribution in [0.4, 0.5) is 4.39 Å². The quantitative estimate of drug-likeness (QED) is 0.131. The van der Waals surface area contributed by atoms with Crippen molar-refractivity contribution in [2.75, 3.05) is 20.7 Å². The lowest BCUT2D eigenvalue weighted by atomic mass is 9.87. The van der Waals surface area contributed by atoms with Crippen LogP contribution in [0.3, 0.4) is 0 Å². The van der Waals surface area contributed by atoms with E-state index < -0.39 is 0 Å². The Morgan fingerprint density at radius 1 is 1.00 bits per heavy atom. The first-order valence-electron chi connectivity index (χ1n) is 13.0. The van der Waals surface area contributed by atoms with Crippen LogP contribution in [-0.2, 0) is 4.79 Å². The number of ether oxygens (including phenoxy) is 1. The Balaban J connectivity index is 1.54. The predicted molar refractivity (Wildman–Crippen MR) is 152 cm³/mol. The molecule has 1 amide bonds. The van der Waals surface area contributed by atoms with Gasteiger partial charge in [-0.15, -0.1) is 0 Å². The van der Waals surface area contributed by atoms with Crippen LogP contribution in [0.2, 0.25) is 0 Å². The first-order valence-corrected chi connectivity index (χ1v) is 13.0. The van der Waals surface area contributed by atoms with Crippen LogP contribution in [-0.4, -0.2) is 41.7 Å². The van der Waals surface area contributed by atoms with Crippen LogP contribution in [0.25, 0.3) is 22.0 Å². The van der Waals surface area contributed by atoms with E-state index in [9.17, 15) is 4.79 Å². The number of likely N-dealkylation sites (N-methyl/N-ethyl adjacent to an activating group) is 1. The van der Waals surface area contributed by atoms with Crippen LogP contribution in [0, 0.1) is 5.82 Å². The van der Waals surface area contributed by atoms with Crippen molar-refractivity contribution in [3.8, 4) is 5.75 Å². The normalized spacial score (nSPS) is 12.1. The number of amides is 1. The Morgan fingerprint density at radius 2 is 1.76 bits per heavy atom. The van der Waals surface area contributed by atoms with Crippen molar-refractivity contribution in [3.05, 3.63) is 108 Å². The Hall–Kier alpha value is -4.19. The number of aromatic nitrogens is 2. The summed E-state index contributed by atoms with van der Waals surface area (Å²) in [7, 11) is 3.48. The van der Waals surface area contributed by atoms with Gasteiger partial charge in [-0.25, -0.2) is 4.39 Å². The van der Waals surface area contributed by atoms with E-state index in [0.29, 0.717) is 23.1 Å². The lowest BCUT2D eigenvalue weighted by Gasteiger charge is -2.17. The van der Waals surface area contributed by atoms with E-state index in [-0.39, 0.29) is 11.7 Å². The molecule has 0 spiro atoms. The molecule has 0 aliphatic carbocycles. The molecular weight excluding hydrogens is 477 g/mol. The highest BCUT2D eigenvalue weighted by Gasteiger charge is 2.19. The van der Waals surface area contributed by atoms with Crippen LogP contribution in [0.1, 0.15) is 49.3 Å². The van der Waals surface area contributed by atoms with E-state index in [4.69, 9.17) is 4.74 Å². The number of carbonyl (C=O) groups excluding carboxylic acids is 1. The number of rotatable bonds is 11. The predicted octanol–water partition coefficient (Wildman–Crippen LogP) is 7.26. The number of halogens is 1. The highest BCUT2D eigenvalue weighted by molar-refractivity contribution is 6.00. The van der Waals surface area contributed by atoms with Crippen LogP contribution in [0.15, 0.2) is 85.1 Å². The molecule has 0 saturated carbocycles. The van der Waals surface area contributed by atoms with Gasteiger partial charge in [-0.05, 0) is 78.3 Å². The average Bonchev–Trinajstić information content (AvgIpc) is 3.42. The van der Waals surface area contributed by atoms with Gasteiger partial charge in [0.2, 0.25) is 5.91 Å². The lowest BCUT2D eigenvalue weighted by molar-refractivity contribution is -0.123. The van der Waals surface area contributed by atoms with Crippen LogP contribution in [0.5, 0.6) is 5.75 Å². The van der Waals surface area contributed by atoms with Gasteiger partial charge >= 0.3 is 0 Å². The molecule has 4 aromatic rings. The summed E-state index contributed by atoms with van der Waals surface area (Å²) in [4.78, 5) is 13.1. The fourth-order valence-corrected chi connectivity index (χ4v) is 4.44. The molecule has 0 unspecified atom stereocenters. The Kier molecular flexibility index (Phi) is 9.09. The molecule has 1 aromatic heterocycles. The smallest absolute Gasteiger partial charge is 0.245 e. The number of benzene rings is 3. The second kappa shape index (κ2) is 12.9. The van der Waals surface area contributed by atoms with E-state index >= 15 is 4.39 Å². The van der Waals surface area contributed by atoms with Gasteiger partial charge in [0.15, 0.2) is 0 Å². The Bertz CT molecular complexity index is 1420. The van der Waals surface area contributed by atoms with Gasteiger partial charge in [0.1, 0.15) is 11.6 Å². The number of carbonyl (C=O) groups is 1. The number of hydrogen-bond acceptors (Lipinski definition) is 3. The number of allylic oxidation sites excluding steroid dienone is 2. The van der Waals surface area contributed by atoms with Crippen molar-refractivity contribution >= 4 is 28.0 Å². The second-order valence-corrected chi connectivity index (χ2v) is 9.34. The molecular formula is C32H34FN3O2. The van der Waals surface area contributed by atoms with Gasteiger partial charge in [0.25, 0.3) is 0 Å². The third-order valence-electron chi connectivity index (χ3n) is 6.48. The van der Waals surface area contributed by atoms with Crippen molar-refractivity contribution in [1.82, 2.24) is 15.1 Å². The number of nitrogens with one attached hydrogen (secondary N) is 1. The molecule has 0 fully saturated rings. The van der Waals surface area contributed by atoms with Gasteiger partial charge in [0.05, 0.1) is 23.7 Å². The van der Waals surface area contributed by atoms with Gasteiger partial charge in [-0.2, -0.15) is 5.10 Å². The summed E-state index contributed by atoms with van der Waals surface area (Å²) in [6.45, 7) is 2.69. The number of aromatic amines is 1. The Morgan fingerprint density at radius 3 is 2.47 bits per heavy atom. The SMILES string of the molecule is CC/C(=C(/c1ccc(OCCCC/C=C/C(=O)N(C)C)cc1)c1ccc2[nH]ncc2c1F)c1ccccc1. The zero-order valence-corrected chi connectivity index (χ0v) is 22.2. The van der Waals surface area contributed by atoms with E-state index in [1.165, 1.54) is 6.20 Å². The molecule has 38 heavy (non-hydrogen) atoms. The first-order chi connectivity index (χ1) is 18.5. The van der Waals surface area contributed by atoms with Crippen LogP contribution < -0.4 is 4.74 Å². The van der Waals surface area contributed by atoms with E-state index in [2.05, 4.69) is 29.3 Å². The van der Waals surface area contributed by atoms with Crippen molar-refractivity contribution in [3.63, 3.8) is 0 Å². The topological polar surface area (TPSA) is 58.2 Å². The maximum atomic E-state index is 15.8. The molecule has 0 aliphatic rings. The first kappa shape index (κ1) is 26.9. The summed E-state index contributed by atoms with van der Waals surface area (Å²) in [5.41, 5.74) is 5.15.